The molecule has 168 valence electrons. The van der Waals surface area contributed by atoms with Crippen LogP contribution in [0.1, 0.15) is 39.3 Å². The number of benzene rings is 1. The van der Waals surface area contributed by atoms with E-state index >= 15 is 0 Å². The fourth-order valence-electron chi connectivity index (χ4n) is 3.00. The van der Waals surface area contributed by atoms with Crippen molar-refractivity contribution in [2.75, 3.05) is 6.54 Å². The summed E-state index contributed by atoms with van der Waals surface area (Å²) in [5.74, 6) is -1.36. The van der Waals surface area contributed by atoms with Gasteiger partial charge >= 0.3 is 24.4 Å². The molecule has 2 heterocycles. The molecular formula is C17H14F6N4O4. The van der Waals surface area contributed by atoms with Crippen LogP contribution in [0, 0.1) is 0 Å². The second-order valence-electron chi connectivity index (χ2n) is 6.66. The van der Waals surface area contributed by atoms with Crippen LogP contribution >= 0.6 is 0 Å². The van der Waals surface area contributed by atoms with Gasteiger partial charge in [-0.05, 0) is 30.2 Å². The van der Waals surface area contributed by atoms with Gasteiger partial charge in [0.1, 0.15) is 6.61 Å². The number of carbonyl (C=O) groups is 2. The first-order valence-corrected chi connectivity index (χ1v) is 8.72. The molecule has 8 nitrogen and oxygen atoms in total. The Bertz CT molecular complexity index is 969. The average molecular weight is 452 g/mol. The average Bonchev–Trinajstić information content (AvgIpc) is 2.95. The molecule has 1 aromatic carbocycles. The summed E-state index contributed by atoms with van der Waals surface area (Å²) in [6, 6.07) is 0.903. The van der Waals surface area contributed by atoms with Gasteiger partial charge in [0.15, 0.2) is 5.69 Å². The molecule has 0 aliphatic carbocycles. The first-order chi connectivity index (χ1) is 14.4. The molecule has 1 aromatic heterocycles. The number of hydrogen-bond acceptors (Lipinski definition) is 5. The summed E-state index contributed by atoms with van der Waals surface area (Å²) in [5, 5.41) is 16.3. The van der Waals surface area contributed by atoms with Crippen LogP contribution in [0.5, 0.6) is 0 Å². The summed E-state index contributed by atoms with van der Waals surface area (Å²) in [5.41, 5.74) is -3.79. The maximum Gasteiger partial charge on any atom is 0.416 e. The van der Waals surface area contributed by atoms with Gasteiger partial charge in [-0.3, -0.25) is 0 Å². The Kier molecular flexibility index (Phi) is 5.83. The van der Waals surface area contributed by atoms with Gasteiger partial charge in [-0.2, -0.15) is 26.3 Å². The Morgan fingerprint density at radius 3 is 2.19 bits per heavy atom. The van der Waals surface area contributed by atoms with Crippen LogP contribution in [0.25, 0.3) is 0 Å². The Labute approximate surface area is 170 Å². The van der Waals surface area contributed by atoms with Crippen LogP contribution in [0.4, 0.5) is 31.1 Å². The van der Waals surface area contributed by atoms with E-state index in [2.05, 4.69) is 10.3 Å². The third kappa shape index (κ3) is 5.06. The van der Waals surface area contributed by atoms with E-state index < -0.39 is 47.7 Å². The molecule has 2 aromatic rings. The number of alkyl halides is 6. The number of rotatable bonds is 3. The number of halogens is 6. The van der Waals surface area contributed by atoms with Crippen LogP contribution < -0.4 is 0 Å². The first-order valence-electron chi connectivity index (χ1n) is 8.72. The summed E-state index contributed by atoms with van der Waals surface area (Å²) in [6.07, 6.45) is -10.7. The Morgan fingerprint density at radius 2 is 1.65 bits per heavy atom. The minimum Gasteiger partial charge on any atom is -0.476 e. The number of fused-ring (bicyclic) bond motifs is 1. The van der Waals surface area contributed by atoms with Crippen molar-refractivity contribution in [2.24, 2.45) is 0 Å². The largest absolute Gasteiger partial charge is 0.476 e. The smallest absolute Gasteiger partial charge is 0.416 e. The molecule has 0 saturated heterocycles. The lowest BCUT2D eigenvalue weighted by molar-refractivity contribution is -0.143. The summed E-state index contributed by atoms with van der Waals surface area (Å²) in [6.45, 7) is -0.713. The highest BCUT2D eigenvalue weighted by atomic mass is 19.4. The van der Waals surface area contributed by atoms with Crippen LogP contribution in [-0.4, -0.2) is 43.6 Å². The topological polar surface area (TPSA) is 97.5 Å². The normalized spacial score (nSPS) is 14.7. The zero-order valence-electron chi connectivity index (χ0n) is 15.5. The van der Waals surface area contributed by atoms with Gasteiger partial charge in [0, 0.05) is 13.1 Å². The number of ether oxygens (including phenoxy) is 1. The highest BCUT2D eigenvalue weighted by molar-refractivity contribution is 5.86. The van der Waals surface area contributed by atoms with Crippen molar-refractivity contribution in [1.82, 2.24) is 19.9 Å². The lowest BCUT2D eigenvalue weighted by Crippen LogP contribution is -2.31. The summed E-state index contributed by atoms with van der Waals surface area (Å²) in [4.78, 5) is 24.7. The highest BCUT2D eigenvalue weighted by Crippen LogP contribution is 2.36. The van der Waals surface area contributed by atoms with Gasteiger partial charge in [-0.15, -0.1) is 5.10 Å². The minimum absolute atomic E-state index is 0.0261. The zero-order chi connectivity index (χ0) is 23.0. The maximum absolute atomic E-state index is 12.9. The second-order valence-corrected chi connectivity index (χ2v) is 6.66. The van der Waals surface area contributed by atoms with Crippen molar-refractivity contribution in [3.63, 3.8) is 0 Å². The maximum atomic E-state index is 12.9. The van der Waals surface area contributed by atoms with Crippen LogP contribution in [0.2, 0.25) is 0 Å². The second kappa shape index (κ2) is 8.07. The summed E-state index contributed by atoms with van der Waals surface area (Å²) >= 11 is 0. The van der Waals surface area contributed by atoms with E-state index in [0.717, 1.165) is 4.90 Å². The van der Waals surface area contributed by atoms with Crippen LogP contribution in [0.3, 0.4) is 0 Å². The first kappa shape index (κ1) is 22.4. The van der Waals surface area contributed by atoms with Crippen molar-refractivity contribution in [3.8, 4) is 0 Å². The number of carbonyl (C=O) groups excluding carboxylic acids is 1. The molecule has 3 rings (SSSR count). The highest BCUT2D eigenvalue weighted by Gasteiger charge is 2.37. The molecule has 0 bridgehead atoms. The molecule has 1 aliphatic rings. The third-order valence-electron chi connectivity index (χ3n) is 4.45. The number of nitrogens with zero attached hydrogens (tertiary/aromatic N) is 4. The molecule has 0 spiro atoms. The number of hydrogen-bond donors (Lipinski definition) is 1. The van der Waals surface area contributed by atoms with E-state index in [0.29, 0.717) is 18.6 Å². The number of carboxylic acid groups (broad SMARTS) is 1. The van der Waals surface area contributed by atoms with Gasteiger partial charge < -0.3 is 14.7 Å². The zero-order valence-corrected chi connectivity index (χ0v) is 15.5. The van der Waals surface area contributed by atoms with Gasteiger partial charge in [-0.25, -0.2) is 14.3 Å². The fraction of sp³-hybridized carbons (Fsp3) is 0.412. The molecule has 0 fully saturated rings. The van der Waals surface area contributed by atoms with E-state index in [-0.39, 0.29) is 37.1 Å². The van der Waals surface area contributed by atoms with Crippen molar-refractivity contribution < 1.29 is 45.8 Å². The quantitative estimate of drug-likeness (QED) is 0.716. The molecule has 0 radical (unpaired) electrons. The molecule has 1 amide bonds. The molecule has 1 N–H and O–H groups in total. The number of aromatic nitrogens is 3. The third-order valence-corrected chi connectivity index (χ3v) is 4.45. The molecule has 0 atom stereocenters. The van der Waals surface area contributed by atoms with E-state index in [1.165, 1.54) is 4.68 Å². The van der Waals surface area contributed by atoms with E-state index in [1.807, 2.05) is 0 Å². The predicted molar refractivity (Wildman–Crippen MR) is 88.6 cm³/mol. The predicted octanol–water partition coefficient (Wildman–Crippen LogP) is 3.56. The summed E-state index contributed by atoms with van der Waals surface area (Å²) < 4.78 is 83.8. The monoisotopic (exact) mass is 452 g/mol. The Balaban J connectivity index is 1.77. The summed E-state index contributed by atoms with van der Waals surface area (Å²) in [7, 11) is 0. The number of aromatic carboxylic acids is 1. The Hall–Kier alpha value is -3.32. The van der Waals surface area contributed by atoms with Crippen molar-refractivity contribution in [1.29, 1.82) is 0 Å². The van der Waals surface area contributed by atoms with Crippen molar-refractivity contribution in [3.05, 3.63) is 46.3 Å². The fourth-order valence-corrected chi connectivity index (χ4v) is 3.00. The van der Waals surface area contributed by atoms with Crippen molar-refractivity contribution >= 4 is 12.1 Å². The number of carboxylic acids is 1. The van der Waals surface area contributed by atoms with Gasteiger partial charge in [-0.1, -0.05) is 5.21 Å². The number of amides is 1. The van der Waals surface area contributed by atoms with E-state index in [4.69, 9.17) is 9.84 Å². The van der Waals surface area contributed by atoms with Crippen LogP contribution in [-0.2, 0) is 36.8 Å². The molecule has 0 unspecified atom stereocenters. The van der Waals surface area contributed by atoms with Gasteiger partial charge in [0.25, 0.3) is 0 Å². The number of aryl methyl sites for hydroxylation is 1. The molecule has 0 saturated carbocycles. The van der Waals surface area contributed by atoms with E-state index in [1.54, 1.807) is 0 Å². The minimum atomic E-state index is -5.02. The van der Waals surface area contributed by atoms with Crippen molar-refractivity contribution in [2.45, 2.75) is 38.5 Å². The van der Waals surface area contributed by atoms with Crippen LogP contribution in [0.15, 0.2) is 18.2 Å². The van der Waals surface area contributed by atoms with E-state index in [9.17, 15) is 35.9 Å². The molecule has 14 heteroatoms. The van der Waals surface area contributed by atoms with Gasteiger partial charge in [0.2, 0.25) is 0 Å². The molecule has 1 aliphatic heterocycles. The SMILES string of the molecule is O=C(O)c1nnn2c1CN(C(=O)OCc1cc(C(F)(F)F)cc(C(F)(F)F)c1)CCC2. The molecular weight excluding hydrogens is 438 g/mol. The lowest BCUT2D eigenvalue weighted by Gasteiger charge is -2.20. The lowest BCUT2D eigenvalue weighted by atomic mass is 10.1. The van der Waals surface area contributed by atoms with Gasteiger partial charge in [0.05, 0.1) is 23.4 Å². The molecule has 31 heavy (non-hydrogen) atoms. The Morgan fingerprint density at radius 1 is 1.03 bits per heavy atom. The standard InChI is InChI=1S/C17H14F6N4O4/c18-16(19,20)10-4-9(5-11(6-10)17(21,22)23)8-31-15(30)26-2-1-3-27-12(7-26)13(14(28)29)24-25-27/h4-6H,1-3,7-8H2,(H,28,29).